The number of aromatic nitrogens is 1. The molecule has 19 heavy (non-hydrogen) atoms. The maximum atomic E-state index is 13.5. The molecule has 3 nitrogen and oxygen atoms in total. The zero-order chi connectivity index (χ0) is 13.4. The highest BCUT2D eigenvalue weighted by Crippen LogP contribution is 2.23. The topological polar surface area (TPSA) is 52.0 Å². The summed E-state index contributed by atoms with van der Waals surface area (Å²) in [6, 6.07) is 8.63. The quantitative estimate of drug-likeness (QED) is 0.719. The van der Waals surface area contributed by atoms with E-state index in [1.54, 1.807) is 18.2 Å². The number of anilines is 1. The number of hydrogen-bond acceptors (Lipinski definition) is 3. The largest absolute Gasteiger partial charge is 0.440 e. The summed E-state index contributed by atoms with van der Waals surface area (Å²) in [5.41, 5.74) is 7.71. The van der Waals surface area contributed by atoms with Gasteiger partial charge in [0.2, 0.25) is 0 Å². The average molecular weight is 260 g/mol. The lowest BCUT2D eigenvalue weighted by Gasteiger charge is -1.99. The number of rotatable bonds is 2. The molecule has 5 heteroatoms. The van der Waals surface area contributed by atoms with Gasteiger partial charge in [0.1, 0.15) is 17.2 Å². The minimum Gasteiger partial charge on any atom is -0.440 e. The van der Waals surface area contributed by atoms with Crippen LogP contribution in [-0.4, -0.2) is 4.98 Å². The van der Waals surface area contributed by atoms with E-state index in [9.17, 15) is 8.78 Å². The fourth-order valence-electron chi connectivity index (χ4n) is 1.92. The van der Waals surface area contributed by atoms with Crippen LogP contribution in [0.2, 0.25) is 0 Å². The number of para-hydroxylation sites is 1. The molecule has 3 aromatic rings. The number of nitrogens with two attached hydrogens (primary N) is 1. The van der Waals surface area contributed by atoms with Crippen LogP contribution in [0, 0.1) is 11.6 Å². The van der Waals surface area contributed by atoms with Crippen molar-refractivity contribution in [1.29, 1.82) is 0 Å². The van der Waals surface area contributed by atoms with E-state index in [-0.39, 0.29) is 6.42 Å². The van der Waals surface area contributed by atoms with E-state index in [4.69, 9.17) is 10.2 Å². The normalized spacial score (nSPS) is 11.1. The molecule has 0 atom stereocenters. The predicted molar refractivity (Wildman–Crippen MR) is 67.6 cm³/mol. The Bertz CT molecular complexity index is 752. The Labute approximate surface area is 107 Å². The molecule has 0 aliphatic heterocycles. The van der Waals surface area contributed by atoms with E-state index in [0.29, 0.717) is 28.2 Å². The van der Waals surface area contributed by atoms with Crippen LogP contribution in [0.25, 0.3) is 11.1 Å². The van der Waals surface area contributed by atoms with Crippen LogP contribution in [0.15, 0.2) is 40.8 Å². The van der Waals surface area contributed by atoms with Gasteiger partial charge in [-0.15, -0.1) is 0 Å². The van der Waals surface area contributed by atoms with Crippen molar-refractivity contribution in [2.24, 2.45) is 0 Å². The van der Waals surface area contributed by atoms with Crippen molar-refractivity contribution in [3.8, 4) is 0 Å². The molecule has 1 heterocycles. The molecule has 0 aliphatic carbocycles. The third kappa shape index (κ3) is 2.14. The van der Waals surface area contributed by atoms with Gasteiger partial charge in [-0.2, -0.15) is 0 Å². The van der Waals surface area contributed by atoms with Gasteiger partial charge < -0.3 is 10.2 Å². The minimum absolute atomic E-state index is 0.153. The fourth-order valence-corrected chi connectivity index (χ4v) is 1.92. The smallest absolute Gasteiger partial charge is 0.200 e. The van der Waals surface area contributed by atoms with Crippen molar-refractivity contribution in [3.63, 3.8) is 0 Å². The van der Waals surface area contributed by atoms with Crippen molar-refractivity contribution in [2.75, 3.05) is 5.73 Å². The third-order valence-electron chi connectivity index (χ3n) is 2.85. The molecule has 0 fully saturated rings. The lowest BCUT2D eigenvalue weighted by atomic mass is 10.1. The number of nitrogen functional groups attached to an aromatic ring is 1. The second kappa shape index (κ2) is 4.35. The van der Waals surface area contributed by atoms with Gasteiger partial charge in [-0.1, -0.05) is 12.1 Å². The van der Waals surface area contributed by atoms with Crippen molar-refractivity contribution in [3.05, 3.63) is 59.5 Å². The van der Waals surface area contributed by atoms with Gasteiger partial charge in [-0.05, 0) is 23.8 Å². The van der Waals surface area contributed by atoms with Crippen LogP contribution in [-0.2, 0) is 6.42 Å². The van der Waals surface area contributed by atoms with E-state index in [2.05, 4.69) is 4.98 Å². The van der Waals surface area contributed by atoms with E-state index >= 15 is 0 Å². The summed E-state index contributed by atoms with van der Waals surface area (Å²) < 4.78 is 31.8. The van der Waals surface area contributed by atoms with Crippen LogP contribution in [0.5, 0.6) is 0 Å². The predicted octanol–water partition coefficient (Wildman–Crippen LogP) is 3.28. The van der Waals surface area contributed by atoms with E-state index in [0.717, 1.165) is 6.07 Å². The first-order valence-electron chi connectivity index (χ1n) is 5.71. The number of fused-ring (bicyclic) bond motifs is 1. The molecule has 0 aliphatic rings. The highest BCUT2D eigenvalue weighted by Gasteiger charge is 2.11. The van der Waals surface area contributed by atoms with E-state index < -0.39 is 11.6 Å². The van der Waals surface area contributed by atoms with Crippen molar-refractivity contribution in [2.45, 2.75) is 6.42 Å². The van der Waals surface area contributed by atoms with Crippen molar-refractivity contribution >= 4 is 16.8 Å². The molecule has 0 saturated carbocycles. The molecule has 0 bridgehead atoms. The second-order valence-electron chi connectivity index (χ2n) is 4.21. The zero-order valence-electron chi connectivity index (χ0n) is 9.86. The maximum absolute atomic E-state index is 13.5. The summed E-state index contributed by atoms with van der Waals surface area (Å²) in [6.07, 6.45) is 0.153. The Balaban J connectivity index is 1.99. The Kier molecular flexibility index (Phi) is 2.67. The molecule has 0 unspecified atom stereocenters. The highest BCUT2D eigenvalue weighted by molar-refractivity contribution is 5.85. The lowest BCUT2D eigenvalue weighted by molar-refractivity contribution is 0.529. The summed E-state index contributed by atoms with van der Waals surface area (Å²) in [4.78, 5) is 4.22. The summed E-state index contributed by atoms with van der Waals surface area (Å²) in [5.74, 6) is -0.878. The zero-order valence-corrected chi connectivity index (χ0v) is 9.86. The molecule has 3 rings (SSSR count). The molecule has 0 saturated heterocycles. The number of benzene rings is 2. The van der Waals surface area contributed by atoms with Gasteiger partial charge in [0.05, 0.1) is 12.1 Å². The Morgan fingerprint density at radius 3 is 2.74 bits per heavy atom. The van der Waals surface area contributed by atoms with Crippen LogP contribution < -0.4 is 5.73 Å². The Morgan fingerprint density at radius 2 is 2.00 bits per heavy atom. The number of halogens is 2. The standard InChI is InChI=1S/C14H10F2N2O/c15-9-5-4-8(10(16)7-9)6-13-18-14-11(17)2-1-3-12(14)19-13/h1-5,7H,6,17H2. The van der Waals surface area contributed by atoms with E-state index in [1.807, 2.05) is 0 Å². The van der Waals surface area contributed by atoms with Gasteiger partial charge in [0.15, 0.2) is 11.5 Å². The lowest BCUT2D eigenvalue weighted by Crippen LogP contribution is -1.94. The molecule has 0 radical (unpaired) electrons. The maximum Gasteiger partial charge on any atom is 0.200 e. The van der Waals surface area contributed by atoms with Crippen LogP contribution in [0.3, 0.4) is 0 Å². The molecule has 1 aromatic heterocycles. The van der Waals surface area contributed by atoms with Crippen LogP contribution >= 0.6 is 0 Å². The van der Waals surface area contributed by atoms with Gasteiger partial charge in [0, 0.05) is 6.07 Å². The SMILES string of the molecule is Nc1cccc2oc(Cc3ccc(F)cc3F)nc12. The Hall–Kier alpha value is -2.43. The first-order chi connectivity index (χ1) is 9.13. The van der Waals surface area contributed by atoms with Crippen LogP contribution in [0.4, 0.5) is 14.5 Å². The van der Waals surface area contributed by atoms with Crippen molar-refractivity contribution < 1.29 is 13.2 Å². The first-order valence-corrected chi connectivity index (χ1v) is 5.71. The van der Waals surface area contributed by atoms with Gasteiger partial charge in [-0.3, -0.25) is 0 Å². The van der Waals surface area contributed by atoms with Gasteiger partial charge in [0.25, 0.3) is 0 Å². The monoisotopic (exact) mass is 260 g/mol. The Morgan fingerprint density at radius 1 is 1.16 bits per heavy atom. The number of oxazole rings is 1. The molecule has 96 valence electrons. The molecule has 0 amide bonds. The van der Waals surface area contributed by atoms with E-state index in [1.165, 1.54) is 12.1 Å². The molecule has 0 spiro atoms. The third-order valence-corrected chi connectivity index (χ3v) is 2.85. The summed E-state index contributed by atoms with van der Waals surface area (Å²) in [7, 11) is 0. The van der Waals surface area contributed by atoms with Crippen LogP contribution in [0.1, 0.15) is 11.5 Å². The van der Waals surface area contributed by atoms with Gasteiger partial charge in [-0.25, -0.2) is 13.8 Å². The summed E-state index contributed by atoms with van der Waals surface area (Å²) >= 11 is 0. The number of nitrogens with zero attached hydrogens (tertiary/aromatic N) is 1. The molecular weight excluding hydrogens is 250 g/mol. The molecule has 2 N–H and O–H groups in total. The average Bonchev–Trinajstić information content (AvgIpc) is 2.77. The second-order valence-corrected chi connectivity index (χ2v) is 4.21. The molecule has 2 aromatic carbocycles. The highest BCUT2D eigenvalue weighted by atomic mass is 19.1. The minimum atomic E-state index is -0.616. The van der Waals surface area contributed by atoms with Crippen molar-refractivity contribution in [1.82, 2.24) is 4.98 Å². The molecular formula is C14H10F2N2O. The number of hydrogen-bond donors (Lipinski definition) is 1. The summed E-state index contributed by atoms with van der Waals surface area (Å²) in [5, 5.41) is 0. The fraction of sp³-hybridized carbons (Fsp3) is 0.0714. The first kappa shape index (κ1) is 11.6. The van der Waals surface area contributed by atoms with Gasteiger partial charge >= 0.3 is 0 Å². The summed E-state index contributed by atoms with van der Waals surface area (Å²) in [6.45, 7) is 0.